The minimum absolute atomic E-state index is 0.425. The van der Waals surface area contributed by atoms with E-state index in [1.165, 1.54) is 36.8 Å². The minimum atomic E-state index is 0.425. The fraction of sp³-hybridized carbons (Fsp3) is 0.684. The van der Waals surface area contributed by atoms with Crippen molar-refractivity contribution in [1.29, 1.82) is 0 Å². The average molecular weight is 372 g/mol. The summed E-state index contributed by atoms with van der Waals surface area (Å²) < 4.78 is 6.61. The molecule has 0 spiro atoms. The summed E-state index contributed by atoms with van der Waals surface area (Å²) in [5.74, 6) is 1.61. The van der Waals surface area contributed by atoms with Crippen LogP contribution < -0.4 is 10.1 Å². The van der Waals surface area contributed by atoms with Crippen LogP contribution in [0, 0.1) is 0 Å². The molecule has 2 unspecified atom stereocenters. The van der Waals surface area contributed by atoms with Gasteiger partial charge in [0, 0.05) is 16.1 Å². The van der Waals surface area contributed by atoms with E-state index in [4.69, 9.17) is 4.74 Å². The first-order valence-electron chi connectivity index (χ1n) is 8.63. The van der Waals surface area contributed by atoms with Crippen molar-refractivity contribution in [1.82, 2.24) is 5.32 Å². The number of hydrogen-bond acceptors (Lipinski definition) is 2. The quantitative estimate of drug-likeness (QED) is 0.658. The lowest BCUT2D eigenvalue weighted by Crippen LogP contribution is -2.23. The maximum atomic E-state index is 5.50. The van der Waals surface area contributed by atoms with Gasteiger partial charge in [0.05, 0.1) is 7.11 Å². The van der Waals surface area contributed by atoms with E-state index >= 15 is 0 Å². The molecular formula is C19H34BrNO. The van der Waals surface area contributed by atoms with Gasteiger partial charge in [-0.1, -0.05) is 63.4 Å². The van der Waals surface area contributed by atoms with Crippen LogP contribution in [0.1, 0.15) is 83.4 Å². The average Bonchev–Trinajstić information content (AvgIpc) is 2.57. The highest BCUT2D eigenvalue weighted by atomic mass is 79.9. The molecule has 22 heavy (non-hydrogen) atoms. The number of fused-ring (bicyclic) bond motifs is 1. The van der Waals surface area contributed by atoms with E-state index in [2.05, 4.69) is 54.2 Å². The van der Waals surface area contributed by atoms with Crippen molar-refractivity contribution >= 4 is 15.9 Å². The van der Waals surface area contributed by atoms with Gasteiger partial charge in [0.25, 0.3) is 0 Å². The Morgan fingerprint density at radius 1 is 1.18 bits per heavy atom. The molecule has 2 nitrogen and oxygen atoms in total. The monoisotopic (exact) mass is 371 g/mol. The second kappa shape index (κ2) is 12.0. The van der Waals surface area contributed by atoms with Gasteiger partial charge in [-0.15, -0.1) is 0 Å². The van der Waals surface area contributed by atoms with Gasteiger partial charge < -0.3 is 10.1 Å². The van der Waals surface area contributed by atoms with Gasteiger partial charge in [-0.25, -0.2) is 0 Å². The molecule has 128 valence electrons. The van der Waals surface area contributed by atoms with Gasteiger partial charge in [0.15, 0.2) is 0 Å². The largest absolute Gasteiger partial charge is 0.496 e. The van der Waals surface area contributed by atoms with E-state index in [-0.39, 0.29) is 0 Å². The Morgan fingerprint density at radius 2 is 1.77 bits per heavy atom. The SMILES string of the molecule is CC.CCCC.CNC1CCC(C)c2cc(Br)cc(OC)c21. The van der Waals surface area contributed by atoms with E-state index in [0.29, 0.717) is 12.0 Å². The molecule has 1 N–H and O–H groups in total. The topological polar surface area (TPSA) is 21.3 Å². The molecule has 2 atom stereocenters. The highest BCUT2D eigenvalue weighted by Crippen LogP contribution is 2.43. The van der Waals surface area contributed by atoms with E-state index < -0.39 is 0 Å². The number of ether oxygens (including phenoxy) is 1. The third-order valence-corrected chi connectivity index (χ3v) is 4.43. The van der Waals surface area contributed by atoms with Crippen LogP contribution in [-0.2, 0) is 0 Å². The molecule has 0 aromatic heterocycles. The van der Waals surface area contributed by atoms with Gasteiger partial charge in [-0.2, -0.15) is 0 Å². The van der Waals surface area contributed by atoms with Crippen molar-refractivity contribution in [2.24, 2.45) is 0 Å². The van der Waals surface area contributed by atoms with Crippen LogP contribution in [-0.4, -0.2) is 14.2 Å². The zero-order chi connectivity index (χ0) is 17.1. The number of benzene rings is 1. The van der Waals surface area contributed by atoms with Crippen LogP contribution in [0.2, 0.25) is 0 Å². The molecule has 0 aliphatic heterocycles. The van der Waals surface area contributed by atoms with E-state index in [1.807, 2.05) is 20.9 Å². The molecule has 1 aromatic carbocycles. The summed E-state index contributed by atoms with van der Waals surface area (Å²) in [6, 6.07) is 4.71. The molecule has 0 fully saturated rings. The number of nitrogens with one attached hydrogen (secondary N) is 1. The fourth-order valence-electron chi connectivity index (χ4n) is 2.57. The molecule has 0 heterocycles. The summed E-state index contributed by atoms with van der Waals surface area (Å²) >= 11 is 3.55. The van der Waals surface area contributed by atoms with Gasteiger partial charge >= 0.3 is 0 Å². The Kier molecular flexibility index (Phi) is 11.7. The number of hydrogen-bond donors (Lipinski definition) is 1. The second-order valence-corrected chi connectivity index (χ2v) is 6.35. The van der Waals surface area contributed by atoms with Gasteiger partial charge in [0.2, 0.25) is 0 Å². The molecule has 2 rings (SSSR count). The molecule has 0 amide bonds. The maximum absolute atomic E-state index is 5.50. The van der Waals surface area contributed by atoms with Gasteiger partial charge in [-0.3, -0.25) is 0 Å². The van der Waals surface area contributed by atoms with Crippen LogP contribution in [0.15, 0.2) is 16.6 Å². The van der Waals surface area contributed by atoms with Crippen LogP contribution in [0.5, 0.6) is 5.75 Å². The Hall–Kier alpha value is -0.540. The molecular weight excluding hydrogens is 338 g/mol. The number of rotatable bonds is 3. The van der Waals surface area contributed by atoms with Crippen LogP contribution in [0.25, 0.3) is 0 Å². The molecule has 1 aliphatic carbocycles. The highest BCUT2D eigenvalue weighted by Gasteiger charge is 2.27. The number of unbranched alkanes of at least 4 members (excludes halogenated alkanes) is 1. The van der Waals surface area contributed by atoms with Crippen molar-refractivity contribution in [3.8, 4) is 5.75 Å². The Balaban J connectivity index is 0.000000640. The second-order valence-electron chi connectivity index (χ2n) is 5.43. The van der Waals surface area contributed by atoms with E-state index in [1.54, 1.807) is 7.11 Å². The Labute approximate surface area is 146 Å². The maximum Gasteiger partial charge on any atom is 0.125 e. The first-order valence-corrected chi connectivity index (χ1v) is 9.42. The highest BCUT2D eigenvalue weighted by molar-refractivity contribution is 9.10. The Morgan fingerprint density at radius 3 is 2.23 bits per heavy atom. The van der Waals surface area contributed by atoms with Crippen LogP contribution in [0.4, 0.5) is 0 Å². The van der Waals surface area contributed by atoms with Crippen molar-refractivity contribution < 1.29 is 4.74 Å². The minimum Gasteiger partial charge on any atom is -0.496 e. The first kappa shape index (κ1) is 21.5. The predicted molar refractivity (Wildman–Crippen MR) is 102 cm³/mol. The van der Waals surface area contributed by atoms with E-state index in [0.717, 1.165) is 10.2 Å². The van der Waals surface area contributed by atoms with Crippen LogP contribution >= 0.6 is 15.9 Å². The molecule has 0 bridgehead atoms. The molecule has 0 saturated carbocycles. The standard InChI is InChI=1S/C13H18BrNO.C4H10.C2H6/c1-8-4-5-11(15-2)13-10(8)6-9(14)7-12(13)16-3;1-3-4-2;1-2/h6-8,11,15H,4-5H2,1-3H3;3-4H2,1-2H3;1-2H3. The zero-order valence-electron chi connectivity index (χ0n) is 15.4. The van der Waals surface area contributed by atoms with Crippen molar-refractivity contribution in [3.63, 3.8) is 0 Å². The number of halogens is 1. The molecule has 0 saturated heterocycles. The van der Waals surface area contributed by atoms with Crippen molar-refractivity contribution in [2.45, 2.75) is 72.3 Å². The summed E-state index contributed by atoms with van der Waals surface area (Å²) in [5.41, 5.74) is 2.75. The van der Waals surface area contributed by atoms with E-state index in [9.17, 15) is 0 Å². The smallest absolute Gasteiger partial charge is 0.125 e. The van der Waals surface area contributed by atoms with Gasteiger partial charge in [-0.05, 0) is 43.5 Å². The lowest BCUT2D eigenvalue weighted by molar-refractivity contribution is 0.383. The summed E-state index contributed by atoms with van der Waals surface area (Å²) in [4.78, 5) is 0. The summed E-state index contributed by atoms with van der Waals surface area (Å²) in [7, 11) is 3.76. The molecule has 3 heteroatoms. The molecule has 1 aromatic rings. The normalized spacial score (nSPS) is 19.1. The van der Waals surface area contributed by atoms with Crippen molar-refractivity contribution in [3.05, 3.63) is 27.7 Å². The molecule has 0 radical (unpaired) electrons. The summed E-state index contributed by atoms with van der Waals surface area (Å²) in [5, 5.41) is 3.38. The first-order chi connectivity index (χ1) is 10.6. The zero-order valence-corrected chi connectivity index (χ0v) is 17.0. The lowest BCUT2D eigenvalue weighted by atomic mass is 9.80. The van der Waals surface area contributed by atoms with Crippen LogP contribution in [0.3, 0.4) is 0 Å². The third-order valence-electron chi connectivity index (χ3n) is 3.97. The van der Waals surface area contributed by atoms with Crippen molar-refractivity contribution in [2.75, 3.05) is 14.2 Å². The summed E-state index contributed by atoms with van der Waals surface area (Å²) in [6.45, 7) is 10.6. The lowest BCUT2D eigenvalue weighted by Gasteiger charge is -2.31. The van der Waals surface area contributed by atoms with Gasteiger partial charge in [0.1, 0.15) is 5.75 Å². The fourth-order valence-corrected chi connectivity index (χ4v) is 3.02. The predicted octanol–water partition coefficient (Wildman–Crippen LogP) is 6.45. The molecule has 1 aliphatic rings. The summed E-state index contributed by atoms with van der Waals surface area (Å²) in [6.07, 6.45) is 5.06. The number of methoxy groups -OCH3 is 1. The Bertz CT molecular complexity index is 418. The third kappa shape index (κ3) is 5.92.